The van der Waals surface area contributed by atoms with Crippen molar-refractivity contribution in [2.45, 2.75) is 0 Å². The molecule has 4 heteroatoms. The molecule has 0 saturated carbocycles. The zero-order valence-electron chi connectivity index (χ0n) is 11.4. The summed E-state index contributed by atoms with van der Waals surface area (Å²) >= 11 is 0. The molecule has 2 aromatic rings. The van der Waals surface area contributed by atoms with Gasteiger partial charge in [0.1, 0.15) is 5.75 Å². The SMILES string of the molecule is COC(=O)c1ccc(C=C(C#N)c2ccc(O)cc2)cc1. The molecule has 4 nitrogen and oxygen atoms in total. The summed E-state index contributed by atoms with van der Waals surface area (Å²) in [5, 5.41) is 18.5. The second-order valence-corrected chi connectivity index (χ2v) is 4.33. The van der Waals surface area contributed by atoms with Gasteiger partial charge in [0.2, 0.25) is 0 Å². The first-order valence-electron chi connectivity index (χ1n) is 6.23. The van der Waals surface area contributed by atoms with Gasteiger partial charge in [0.05, 0.1) is 24.3 Å². The number of carbonyl (C=O) groups excluding carboxylic acids is 1. The van der Waals surface area contributed by atoms with E-state index in [0.717, 1.165) is 5.56 Å². The van der Waals surface area contributed by atoms with Gasteiger partial charge in [-0.15, -0.1) is 0 Å². The zero-order chi connectivity index (χ0) is 15.2. The van der Waals surface area contributed by atoms with Crippen LogP contribution in [0.3, 0.4) is 0 Å². The minimum Gasteiger partial charge on any atom is -0.508 e. The molecule has 0 spiro atoms. The van der Waals surface area contributed by atoms with Crippen molar-refractivity contribution in [2.75, 3.05) is 7.11 Å². The molecule has 0 radical (unpaired) electrons. The summed E-state index contributed by atoms with van der Waals surface area (Å²) in [5.74, 6) is -0.247. The smallest absolute Gasteiger partial charge is 0.337 e. The van der Waals surface area contributed by atoms with Gasteiger partial charge >= 0.3 is 5.97 Å². The number of nitrogens with zero attached hydrogens (tertiary/aromatic N) is 1. The van der Waals surface area contributed by atoms with Crippen molar-refractivity contribution in [1.29, 1.82) is 5.26 Å². The number of carbonyl (C=O) groups is 1. The van der Waals surface area contributed by atoms with Gasteiger partial charge in [-0.2, -0.15) is 5.26 Å². The molecule has 0 aromatic heterocycles. The third-order valence-corrected chi connectivity index (χ3v) is 2.94. The highest BCUT2D eigenvalue weighted by Crippen LogP contribution is 2.20. The summed E-state index contributed by atoms with van der Waals surface area (Å²) in [6, 6.07) is 15.3. The number of ether oxygens (including phenoxy) is 1. The highest BCUT2D eigenvalue weighted by Gasteiger charge is 2.05. The number of phenols is 1. The third kappa shape index (κ3) is 3.48. The monoisotopic (exact) mass is 279 g/mol. The van der Waals surface area contributed by atoms with E-state index in [4.69, 9.17) is 0 Å². The molecule has 0 aliphatic heterocycles. The zero-order valence-corrected chi connectivity index (χ0v) is 11.4. The summed E-state index contributed by atoms with van der Waals surface area (Å²) in [7, 11) is 1.33. The van der Waals surface area contributed by atoms with Gasteiger partial charge in [0.25, 0.3) is 0 Å². The van der Waals surface area contributed by atoms with Crippen molar-refractivity contribution in [3.8, 4) is 11.8 Å². The van der Waals surface area contributed by atoms with E-state index in [-0.39, 0.29) is 5.75 Å². The average Bonchev–Trinajstić information content (AvgIpc) is 2.53. The first kappa shape index (κ1) is 14.4. The predicted octanol–water partition coefficient (Wildman–Crippen LogP) is 3.24. The van der Waals surface area contributed by atoms with Crippen molar-refractivity contribution in [3.63, 3.8) is 0 Å². The maximum Gasteiger partial charge on any atom is 0.337 e. The molecular formula is C17H13NO3. The third-order valence-electron chi connectivity index (χ3n) is 2.94. The van der Waals surface area contributed by atoms with Crippen LogP contribution in [0.5, 0.6) is 5.75 Å². The first-order valence-corrected chi connectivity index (χ1v) is 6.23. The van der Waals surface area contributed by atoms with Gasteiger partial charge in [-0.25, -0.2) is 4.79 Å². The Morgan fingerprint density at radius 2 is 1.67 bits per heavy atom. The van der Waals surface area contributed by atoms with E-state index in [1.54, 1.807) is 42.5 Å². The largest absolute Gasteiger partial charge is 0.508 e. The van der Waals surface area contributed by atoms with Gasteiger partial charge in [-0.1, -0.05) is 12.1 Å². The minimum atomic E-state index is -0.399. The van der Waals surface area contributed by atoms with Gasteiger partial charge in [0, 0.05) is 0 Å². The van der Waals surface area contributed by atoms with Crippen LogP contribution in [-0.2, 0) is 4.74 Å². The van der Waals surface area contributed by atoms with Crippen molar-refractivity contribution >= 4 is 17.6 Å². The second kappa shape index (κ2) is 6.40. The van der Waals surface area contributed by atoms with Gasteiger partial charge < -0.3 is 9.84 Å². The number of hydrogen-bond donors (Lipinski definition) is 1. The maximum atomic E-state index is 11.3. The lowest BCUT2D eigenvalue weighted by Crippen LogP contribution is -2.00. The lowest BCUT2D eigenvalue weighted by atomic mass is 10.0. The Morgan fingerprint density at radius 3 is 2.19 bits per heavy atom. The fourth-order valence-electron chi connectivity index (χ4n) is 1.82. The molecule has 0 atom stereocenters. The van der Waals surface area contributed by atoms with E-state index in [9.17, 15) is 15.2 Å². The molecule has 0 heterocycles. The Balaban J connectivity index is 2.30. The highest BCUT2D eigenvalue weighted by atomic mass is 16.5. The van der Waals surface area contributed by atoms with E-state index in [1.807, 2.05) is 0 Å². The van der Waals surface area contributed by atoms with Crippen molar-refractivity contribution in [2.24, 2.45) is 0 Å². The number of esters is 1. The van der Waals surface area contributed by atoms with Crippen LogP contribution >= 0.6 is 0 Å². The van der Waals surface area contributed by atoms with Crippen LogP contribution in [0.25, 0.3) is 11.6 Å². The lowest BCUT2D eigenvalue weighted by molar-refractivity contribution is 0.0600. The number of allylic oxidation sites excluding steroid dienone is 1. The molecular weight excluding hydrogens is 266 g/mol. The van der Waals surface area contributed by atoms with Gasteiger partial charge in [0.15, 0.2) is 0 Å². The molecule has 2 aromatic carbocycles. The Labute approximate surface area is 122 Å². The fraction of sp³-hybridized carbons (Fsp3) is 0.0588. The standard InChI is InChI=1S/C17H13NO3/c1-21-17(20)14-4-2-12(3-5-14)10-15(11-18)13-6-8-16(19)9-7-13/h2-10,19H,1H3. The summed E-state index contributed by atoms with van der Waals surface area (Å²) in [4.78, 5) is 11.3. The number of benzene rings is 2. The first-order chi connectivity index (χ1) is 10.1. The molecule has 0 bridgehead atoms. The number of nitriles is 1. The topological polar surface area (TPSA) is 70.3 Å². The summed E-state index contributed by atoms with van der Waals surface area (Å²) < 4.78 is 4.63. The summed E-state index contributed by atoms with van der Waals surface area (Å²) in [6.45, 7) is 0. The van der Waals surface area contributed by atoms with Crippen LogP contribution < -0.4 is 0 Å². The van der Waals surface area contributed by atoms with E-state index < -0.39 is 5.97 Å². The van der Waals surface area contributed by atoms with E-state index in [1.165, 1.54) is 19.2 Å². The number of hydrogen-bond acceptors (Lipinski definition) is 4. The number of aromatic hydroxyl groups is 1. The molecule has 0 aliphatic carbocycles. The molecule has 0 fully saturated rings. The normalized spacial score (nSPS) is 10.8. The van der Waals surface area contributed by atoms with Crippen LogP contribution in [0, 0.1) is 11.3 Å². The molecule has 0 saturated heterocycles. The van der Waals surface area contributed by atoms with Crippen LogP contribution in [0.1, 0.15) is 21.5 Å². The Hall–Kier alpha value is -3.06. The molecule has 0 amide bonds. The second-order valence-electron chi connectivity index (χ2n) is 4.33. The van der Waals surface area contributed by atoms with Crippen molar-refractivity contribution in [3.05, 3.63) is 65.2 Å². The quantitative estimate of drug-likeness (QED) is 0.532. The van der Waals surface area contributed by atoms with E-state index >= 15 is 0 Å². The van der Waals surface area contributed by atoms with Gasteiger partial charge in [-0.05, 0) is 53.6 Å². The molecule has 104 valence electrons. The summed E-state index contributed by atoms with van der Waals surface area (Å²) in [6.07, 6.45) is 1.72. The average molecular weight is 279 g/mol. The lowest BCUT2D eigenvalue weighted by Gasteiger charge is -2.02. The molecule has 2 rings (SSSR count). The number of phenolic OH excluding ortho intramolecular Hbond substituents is 1. The molecule has 0 unspecified atom stereocenters. The van der Waals surface area contributed by atoms with Crippen molar-refractivity contribution in [1.82, 2.24) is 0 Å². The predicted molar refractivity (Wildman–Crippen MR) is 79.4 cm³/mol. The maximum absolute atomic E-state index is 11.3. The van der Waals surface area contributed by atoms with Crippen LogP contribution in [0.4, 0.5) is 0 Å². The highest BCUT2D eigenvalue weighted by molar-refractivity contribution is 5.92. The molecule has 0 aliphatic rings. The van der Waals surface area contributed by atoms with Crippen LogP contribution in [0.2, 0.25) is 0 Å². The van der Waals surface area contributed by atoms with Crippen molar-refractivity contribution < 1.29 is 14.6 Å². The minimum absolute atomic E-state index is 0.151. The fourth-order valence-corrected chi connectivity index (χ4v) is 1.82. The molecule has 1 N–H and O–H groups in total. The Morgan fingerprint density at radius 1 is 1.10 bits per heavy atom. The van der Waals surface area contributed by atoms with E-state index in [0.29, 0.717) is 16.7 Å². The Kier molecular flexibility index (Phi) is 4.37. The number of rotatable bonds is 3. The van der Waals surface area contributed by atoms with Gasteiger partial charge in [-0.3, -0.25) is 0 Å². The van der Waals surface area contributed by atoms with Crippen LogP contribution in [-0.4, -0.2) is 18.2 Å². The molecule has 21 heavy (non-hydrogen) atoms. The summed E-state index contributed by atoms with van der Waals surface area (Å²) in [5.41, 5.74) is 2.44. The number of methoxy groups -OCH3 is 1. The Bertz CT molecular complexity index is 707. The van der Waals surface area contributed by atoms with E-state index in [2.05, 4.69) is 10.8 Å². The van der Waals surface area contributed by atoms with Crippen LogP contribution in [0.15, 0.2) is 48.5 Å².